The van der Waals surface area contributed by atoms with Gasteiger partial charge in [-0.25, -0.2) is 22.2 Å². The van der Waals surface area contributed by atoms with E-state index in [-0.39, 0.29) is 34.7 Å². The van der Waals surface area contributed by atoms with E-state index in [1.807, 2.05) is 0 Å². The van der Waals surface area contributed by atoms with Gasteiger partial charge in [0.2, 0.25) is 15.9 Å². The van der Waals surface area contributed by atoms with Crippen molar-refractivity contribution in [2.45, 2.75) is 49.5 Å². The van der Waals surface area contributed by atoms with Crippen molar-refractivity contribution in [1.82, 2.24) is 19.6 Å². The van der Waals surface area contributed by atoms with E-state index in [4.69, 9.17) is 0 Å². The quantitative estimate of drug-likeness (QED) is 0.471. The van der Waals surface area contributed by atoms with Crippen LogP contribution in [0.3, 0.4) is 0 Å². The zero-order valence-electron chi connectivity index (χ0n) is 19.3. The van der Waals surface area contributed by atoms with Crippen molar-refractivity contribution < 1.29 is 35.2 Å². The normalized spacial score (nSPS) is 18.6. The molecule has 0 bridgehead atoms. The van der Waals surface area contributed by atoms with E-state index in [2.05, 4.69) is 15.3 Å². The molecule has 1 saturated heterocycles. The smallest absolute Gasteiger partial charge is 0.351 e. The summed E-state index contributed by atoms with van der Waals surface area (Å²) in [7, 11) is -4.09. The standard InChI is InChI=1S/C24H21F5N4O3S/c1-14-2-7-21(33(14)37(35,36)19-5-3-17(25)4-6-19)23(34)32-11-15-8-16(10-18(26)9-15)20-12-31-22(13-30-20)24(27,28)29/h3-6,8-10,12-14,21H,2,7,11H2,1H3,(H,32,34)/t14-,21-/m0/s1. The Morgan fingerprint density at radius 2 is 1.73 bits per heavy atom. The number of benzene rings is 2. The number of amides is 1. The second kappa shape index (κ2) is 10.1. The molecule has 3 aromatic rings. The van der Waals surface area contributed by atoms with E-state index in [0.29, 0.717) is 12.6 Å². The van der Waals surface area contributed by atoms with Gasteiger partial charge < -0.3 is 5.32 Å². The summed E-state index contributed by atoms with van der Waals surface area (Å²) in [4.78, 5) is 19.9. The van der Waals surface area contributed by atoms with Crippen molar-refractivity contribution in [3.05, 3.63) is 77.8 Å². The molecule has 7 nitrogen and oxygen atoms in total. The fourth-order valence-electron chi connectivity index (χ4n) is 4.17. The number of aromatic nitrogens is 2. The van der Waals surface area contributed by atoms with Crippen LogP contribution in [-0.4, -0.2) is 40.7 Å². The lowest BCUT2D eigenvalue weighted by atomic mass is 10.1. The first-order chi connectivity index (χ1) is 17.4. The van der Waals surface area contributed by atoms with Gasteiger partial charge in [0.25, 0.3) is 0 Å². The van der Waals surface area contributed by atoms with E-state index in [0.717, 1.165) is 46.9 Å². The number of sulfonamides is 1. The van der Waals surface area contributed by atoms with Crippen LogP contribution >= 0.6 is 0 Å². The number of halogens is 5. The van der Waals surface area contributed by atoms with Crippen LogP contribution in [-0.2, 0) is 27.5 Å². The number of carbonyl (C=O) groups excluding carboxylic acids is 1. The number of hydrogen-bond donors (Lipinski definition) is 1. The molecule has 2 heterocycles. The maximum absolute atomic E-state index is 14.2. The first-order valence-electron chi connectivity index (χ1n) is 11.1. The Morgan fingerprint density at radius 3 is 2.35 bits per heavy atom. The van der Waals surface area contributed by atoms with E-state index in [1.54, 1.807) is 6.92 Å². The van der Waals surface area contributed by atoms with Gasteiger partial charge in [0.1, 0.15) is 17.7 Å². The second-order valence-corrected chi connectivity index (χ2v) is 10.4. The maximum atomic E-state index is 14.2. The summed E-state index contributed by atoms with van der Waals surface area (Å²) in [6.45, 7) is 1.49. The summed E-state index contributed by atoms with van der Waals surface area (Å²) in [5, 5.41) is 2.60. The highest BCUT2D eigenvalue weighted by molar-refractivity contribution is 7.89. The summed E-state index contributed by atoms with van der Waals surface area (Å²) in [5.74, 6) is -1.91. The minimum absolute atomic E-state index is 0.00117. The van der Waals surface area contributed by atoms with Crippen LogP contribution < -0.4 is 5.32 Å². The van der Waals surface area contributed by atoms with Gasteiger partial charge in [-0.2, -0.15) is 17.5 Å². The van der Waals surface area contributed by atoms with Crippen LogP contribution in [0.5, 0.6) is 0 Å². The zero-order chi connectivity index (χ0) is 27.0. The first-order valence-corrected chi connectivity index (χ1v) is 12.6. The number of nitrogens with zero attached hydrogens (tertiary/aromatic N) is 3. The van der Waals surface area contributed by atoms with Crippen molar-refractivity contribution in [3.63, 3.8) is 0 Å². The van der Waals surface area contributed by atoms with Gasteiger partial charge in [-0.05, 0) is 67.8 Å². The van der Waals surface area contributed by atoms with Crippen LogP contribution in [0, 0.1) is 11.6 Å². The summed E-state index contributed by atoms with van der Waals surface area (Å²) in [5.41, 5.74) is -0.753. The number of nitrogens with one attached hydrogen (secondary N) is 1. The van der Waals surface area contributed by atoms with Crippen LogP contribution in [0.4, 0.5) is 22.0 Å². The fraction of sp³-hybridized carbons (Fsp3) is 0.292. The van der Waals surface area contributed by atoms with Gasteiger partial charge in [-0.3, -0.25) is 9.78 Å². The third-order valence-electron chi connectivity index (χ3n) is 5.95. The predicted octanol–water partition coefficient (Wildman–Crippen LogP) is 4.30. The molecule has 4 rings (SSSR count). The molecular formula is C24H21F5N4O3S. The molecule has 0 radical (unpaired) electrons. The van der Waals surface area contributed by atoms with Crippen LogP contribution in [0.25, 0.3) is 11.3 Å². The molecule has 0 spiro atoms. The molecule has 196 valence electrons. The van der Waals surface area contributed by atoms with Crippen LogP contribution in [0.1, 0.15) is 31.0 Å². The summed E-state index contributed by atoms with van der Waals surface area (Å²) >= 11 is 0. The first kappa shape index (κ1) is 26.6. The lowest BCUT2D eigenvalue weighted by molar-refractivity contribution is -0.141. The third-order valence-corrected chi connectivity index (χ3v) is 7.99. The molecule has 0 aliphatic carbocycles. The Balaban J connectivity index is 1.50. The third kappa shape index (κ3) is 5.77. The van der Waals surface area contributed by atoms with Crippen molar-refractivity contribution in [2.75, 3.05) is 0 Å². The Labute approximate surface area is 209 Å². The number of alkyl halides is 3. The van der Waals surface area contributed by atoms with E-state index < -0.39 is 51.5 Å². The molecular weight excluding hydrogens is 519 g/mol. The fourth-order valence-corrected chi connectivity index (χ4v) is 6.01. The average molecular weight is 541 g/mol. The van der Waals surface area contributed by atoms with E-state index in [9.17, 15) is 35.2 Å². The SMILES string of the molecule is C[C@H]1CC[C@@H](C(=O)NCc2cc(F)cc(-c3cnc(C(F)(F)F)cn3)c2)N1S(=O)(=O)c1ccc(F)cc1. The van der Waals surface area contributed by atoms with Crippen LogP contribution in [0.15, 0.2) is 59.8 Å². The highest BCUT2D eigenvalue weighted by Crippen LogP contribution is 2.32. The number of hydrogen-bond acceptors (Lipinski definition) is 5. The van der Waals surface area contributed by atoms with Gasteiger partial charge in [-0.1, -0.05) is 0 Å². The van der Waals surface area contributed by atoms with Crippen LogP contribution in [0.2, 0.25) is 0 Å². The van der Waals surface area contributed by atoms with Crippen molar-refractivity contribution >= 4 is 15.9 Å². The predicted molar refractivity (Wildman–Crippen MR) is 122 cm³/mol. The van der Waals surface area contributed by atoms with Crippen molar-refractivity contribution in [2.24, 2.45) is 0 Å². The van der Waals surface area contributed by atoms with Crippen molar-refractivity contribution in [3.8, 4) is 11.3 Å². The monoisotopic (exact) mass is 540 g/mol. The summed E-state index contributed by atoms with van der Waals surface area (Å²) in [6, 6.07) is 6.42. The molecule has 1 aliphatic rings. The highest BCUT2D eigenvalue weighted by atomic mass is 32.2. The average Bonchev–Trinajstić information content (AvgIpc) is 3.24. The molecule has 1 amide bonds. The number of rotatable bonds is 6. The largest absolute Gasteiger partial charge is 0.434 e. The molecule has 2 atom stereocenters. The van der Waals surface area contributed by atoms with Gasteiger partial charge in [0.05, 0.1) is 23.0 Å². The Morgan fingerprint density at radius 1 is 1.03 bits per heavy atom. The van der Waals surface area contributed by atoms with Crippen molar-refractivity contribution in [1.29, 1.82) is 0 Å². The molecule has 13 heteroatoms. The van der Waals surface area contributed by atoms with Gasteiger partial charge in [-0.15, -0.1) is 0 Å². The molecule has 37 heavy (non-hydrogen) atoms. The second-order valence-electron chi connectivity index (χ2n) is 8.58. The van der Waals surface area contributed by atoms with Gasteiger partial charge >= 0.3 is 6.18 Å². The summed E-state index contributed by atoms with van der Waals surface area (Å²) in [6.07, 6.45) is -2.58. The van der Waals surface area contributed by atoms with E-state index >= 15 is 0 Å². The van der Waals surface area contributed by atoms with E-state index in [1.165, 1.54) is 6.07 Å². The Bertz CT molecular complexity index is 1400. The molecule has 1 aromatic heterocycles. The highest BCUT2D eigenvalue weighted by Gasteiger charge is 2.43. The van der Waals surface area contributed by atoms with Gasteiger partial charge in [0, 0.05) is 18.2 Å². The molecule has 0 saturated carbocycles. The topological polar surface area (TPSA) is 92.3 Å². The Kier molecular flexibility index (Phi) is 7.29. The lowest BCUT2D eigenvalue weighted by Crippen LogP contribution is -2.48. The molecule has 1 aliphatic heterocycles. The minimum Gasteiger partial charge on any atom is -0.351 e. The molecule has 1 fully saturated rings. The number of carbonyl (C=O) groups is 1. The van der Waals surface area contributed by atoms with Gasteiger partial charge in [0.15, 0.2) is 5.69 Å². The Hall–Kier alpha value is -3.45. The minimum atomic E-state index is -4.67. The molecule has 2 aromatic carbocycles. The molecule has 0 unspecified atom stereocenters. The lowest BCUT2D eigenvalue weighted by Gasteiger charge is -2.27. The zero-order valence-corrected chi connectivity index (χ0v) is 20.2. The summed E-state index contributed by atoms with van der Waals surface area (Å²) < 4.78 is 93.1. The maximum Gasteiger partial charge on any atom is 0.434 e. The molecule has 1 N–H and O–H groups in total.